The van der Waals surface area contributed by atoms with Crippen molar-refractivity contribution >= 4 is 55.4 Å². The van der Waals surface area contributed by atoms with Gasteiger partial charge in [-0.15, -0.1) is 0 Å². The molecule has 10 nitrogen and oxygen atoms in total. The van der Waals surface area contributed by atoms with E-state index in [0.29, 0.717) is 5.56 Å². The Kier molecular flexibility index (Phi) is 12.3. The van der Waals surface area contributed by atoms with Gasteiger partial charge in [0.25, 0.3) is 11.8 Å². The minimum absolute atomic E-state index is 0.0200. The van der Waals surface area contributed by atoms with Crippen molar-refractivity contribution in [1.82, 2.24) is 14.5 Å². The van der Waals surface area contributed by atoms with Gasteiger partial charge in [0.1, 0.15) is 24.4 Å². The van der Waals surface area contributed by atoms with Gasteiger partial charge in [0, 0.05) is 39.2 Å². The van der Waals surface area contributed by atoms with Gasteiger partial charge in [0.15, 0.2) is 29.5 Å². The van der Waals surface area contributed by atoms with Crippen LogP contribution in [0.15, 0.2) is 140 Å². The van der Waals surface area contributed by atoms with Crippen molar-refractivity contribution in [3.8, 4) is 0 Å². The van der Waals surface area contributed by atoms with E-state index < -0.39 is 65.7 Å². The standard InChI is InChI=1S/C58H49F4N3O7/c1-58(2,3)36-21-19-32(20-22-36)27-64-55(67)48-46-37-23-39(59)41(61)25-43(37)63-50(46)51-47(49(48)56(64)68)38-24-40(60)42(62)26-44(38)65(51)57-54(71-30-35-17-11-6-12-18-35)53(70-29-34-15-9-5-10-16-34)52(66)45(72-57)31-69-28-33-13-7-4-8-14-33/h4-26,45,52-54,57,63,66H,27-31H2,1-3H3/t45-,52+,53+,54-,57?/m1/s1. The van der Waals surface area contributed by atoms with Crippen molar-refractivity contribution in [2.45, 2.75) is 83.2 Å². The molecule has 72 heavy (non-hydrogen) atoms. The number of aromatic amines is 1. The largest absolute Gasteiger partial charge is 0.387 e. The number of halogens is 4. The van der Waals surface area contributed by atoms with Crippen molar-refractivity contribution < 1.29 is 51.2 Å². The van der Waals surface area contributed by atoms with E-state index in [-0.39, 0.29) is 93.1 Å². The first-order valence-electron chi connectivity index (χ1n) is 23.8. The Labute approximate surface area is 411 Å². The van der Waals surface area contributed by atoms with Gasteiger partial charge in [-0.2, -0.15) is 0 Å². The number of nitrogens with one attached hydrogen (secondary N) is 1. The number of ether oxygens (including phenoxy) is 4. The van der Waals surface area contributed by atoms with Crippen LogP contribution in [0.25, 0.3) is 43.6 Å². The average Bonchev–Trinajstić information content (AvgIpc) is 3.97. The third kappa shape index (κ3) is 8.42. The number of hydrogen-bond donors (Lipinski definition) is 2. The number of amides is 2. The molecule has 9 aromatic rings. The molecule has 0 spiro atoms. The summed E-state index contributed by atoms with van der Waals surface area (Å²) in [6.45, 7) is 6.04. The number of nitrogens with zero attached hydrogens (tertiary/aromatic N) is 2. The Morgan fingerprint density at radius 3 is 1.75 bits per heavy atom. The molecule has 0 saturated carbocycles. The van der Waals surface area contributed by atoms with Crippen molar-refractivity contribution in [2.24, 2.45) is 0 Å². The van der Waals surface area contributed by atoms with Crippen LogP contribution >= 0.6 is 0 Å². The van der Waals surface area contributed by atoms with Crippen molar-refractivity contribution in [3.05, 3.63) is 202 Å². The van der Waals surface area contributed by atoms with Crippen molar-refractivity contribution in [2.75, 3.05) is 6.61 Å². The highest BCUT2D eigenvalue weighted by atomic mass is 19.2. The Morgan fingerprint density at radius 1 is 0.625 bits per heavy atom. The fourth-order valence-electron chi connectivity index (χ4n) is 10.2. The Hall–Kier alpha value is -7.20. The number of imide groups is 1. The first kappa shape index (κ1) is 47.1. The Balaban J connectivity index is 1.15. The van der Waals surface area contributed by atoms with Gasteiger partial charge in [-0.1, -0.05) is 136 Å². The zero-order valence-corrected chi connectivity index (χ0v) is 39.5. The molecule has 1 saturated heterocycles. The highest BCUT2D eigenvalue weighted by molar-refractivity contribution is 6.39. The van der Waals surface area contributed by atoms with Crippen LogP contribution < -0.4 is 0 Å². The van der Waals surface area contributed by atoms with Gasteiger partial charge >= 0.3 is 0 Å². The first-order chi connectivity index (χ1) is 34.7. The number of benzene rings is 7. The van der Waals surface area contributed by atoms with Crippen LogP contribution in [-0.4, -0.2) is 62.4 Å². The maximum absolute atomic E-state index is 16.1. The predicted octanol–water partition coefficient (Wildman–Crippen LogP) is 11.7. The van der Waals surface area contributed by atoms with Gasteiger partial charge in [-0.3, -0.25) is 14.5 Å². The van der Waals surface area contributed by atoms with Crippen LogP contribution in [0.5, 0.6) is 0 Å². The molecule has 2 aliphatic heterocycles. The maximum Gasteiger partial charge on any atom is 0.262 e. The molecule has 366 valence electrons. The summed E-state index contributed by atoms with van der Waals surface area (Å²) in [5, 5.41) is 12.7. The molecule has 2 N–H and O–H groups in total. The van der Waals surface area contributed by atoms with Gasteiger partial charge in [-0.05, 0) is 45.4 Å². The van der Waals surface area contributed by atoms with Crippen LogP contribution in [0.4, 0.5) is 17.6 Å². The number of aromatic nitrogens is 2. The number of fused-ring (bicyclic) bond motifs is 10. The maximum atomic E-state index is 16.1. The highest BCUT2D eigenvalue weighted by Crippen LogP contribution is 2.49. The number of H-pyrrole nitrogens is 1. The van der Waals surface area contributed by atoms with Crippen LogP contribution in [0.3, 0.4) is 0 Å². The number of carbonyl (C=O) groups is 2. The van der Waals surface area contributed by atoms with E-state index in [9.17, 15) is 5.11 Å². The number of hydrogen-bond acceptors (Lipinski definition) is 7. The fraction of sp³-hybridized carbons (Fsp3) is 0.241. The number of rotatable bonds is 13. The average molecular weight is 976 g/mol. The molecule has 4 heterocycles. The van der Waals surface area contributed by atoms with Gasteiger partial charge in [-0.25, -0.2) is 17.6 Å². The van der Waals surface area contributed by atoms with Crippen LogP contribution in [0.1, 0.15) is 75.5 Å². The zero-order chi connectivity index (χ0) is 50.0. The molecular weight excluding hydrogens is 927 g/mol. The molecule has 0 radical (unpaired) electrons. The van der Waals surface area contributed by atoms with E-state index in [4.69, 9.17) is 18.9 Å². The van der Waals surface area contributed by atoms with Crippen LogP contribution in [0, 0.1) is 23.3 Å². The zero-order valence-electron chi connectivity index (χ0n) is 39.5. The minimum Gasteiger partial charge on any atom is -0.387 e. The molecular formula is C58H49F4N3O7. The topological polar surface area (TPSA) is 115 Å². The molecule has 2 aromatic heterocycles. The summed E-state index contributed by atoms with van der Waals surface area (Å²) in [4.78, 5) is 34.5. The summed E-state index contributed by atoms with van der Waals surface area (Å²) in [5.74, 6) is -6.31. The second-order valence-corrected chi connectivity index (χ2v) is 19.5. The molecule has 1 unspecified atom stereocenters. The van der Waals surface area contributed by atoms with E-state index in [0.717, 1.165) is 51.4 Å². The van der Waals surface area contributed by atoms with E-state index in [2.05, 4.69) is 25.8 Å². The fourth-order valence-corrected chi connectivity index (χ4v) is 10.2. The van der Waals surface area contributed by atoms with E-state index in [1.54, 1.807) is 4.57 Å². The third-order valence-corrected chi connectivity index (χ3v) is 13.8. The van der Waals surface area contributed by atoms with E-state index in [1.807, 2.05) is 115 Å². The SMILES string of the molecule is CC(C)(C)c1ccc(CN2C(=O)c3c(c4c5cc(F)c(F)cc5n(C5O[C@H](COCc6ccccc6)[C@H](O)[C@H](OCc6ccccc6)[C@H]5OCc5ccccc5)c4c4[nH]c5cc(F)c(F)cc5c34)C2=O)cc1. The minimum atomic E-state index is -1.39. The molecule has 7 aromatic carbocycles. The predicted molar refractivity (Wildman–Crippen MR) is 264 cm³/mol. The lowest BCUT2D eigenvalue weighted by Crippen LogP contribution is -2.58. The van der Waals surface area contributed by atoms with Crippen LogP contribution in [0.2, 0.25) is 0 Å². The Morgan fingerprint density at radius 2 is 1.15 bits per heavy atom. The summed E-state index contributed by atoms with van der Waals surface area (Å²) in [5.41, 5.74) is 3.97. The number of carbonyl (C=O) groups excluding carboxylic acids is 2. The molecule has 1 fully saturated rings. The summed E-state index contributed by atoms with van der Waals surface area (Å²) in [7, 11) is 0. The summed E-state index contributed by atoms with van der Waals surface area (Å²) >= 11 is 0. The Bertz CT molecular complexity index is 3520. The normalized spacial score (nSPS) is 19.4. The lowest BCUT2D eigenvalue weighted by Gasteiger charge is -2.45. The van der Waals surface area contributed by atoms with Crippen molar-refractivity contribution in [1.29, 1.82) is 0 Å². The van der Waals surface area contributed by atoms with Crippen molar-refractivity contribution in [3.63, 3.8) is 0 Å². The van der Waals surface area contributed by atoms with Gasteiger partial charge in [0.05, 0.1) is 60.6 Å². The molecule has 5 atom stereocenters. The molecule has 0 bridgehead atoms. The monoisotopic (exact) mass is 975 g/mol. The first-order valence-corrected chi connectivity index (χ1v) is 23.8. The molecule has 0 aliphatic carbocycles. The number of aliphatic hydroxyl groups is 1. The summed E-state index contributed by atoms with van der Waals surface area (Å²) < 4.78 is 91.0. The van der Waals surface area contributed by atoms with Gasteiger partial charge < -0.3 is 33.6 Å². The smallest absolute Gasteiger partial charge is 0.262 e. The van der Waals surface area contributed by atoms with Gasteiger partial charge in [0.2, 0.25) is 0 Å². The molecule has 14 heteroatoms. The lowest BCUT2D eigenvalue weighted by molar-refractivity contribution is -0.278. The van der Waals surface area contributed by atoms with Crippen LogP contribution in [-0.2, 0) is 50.7 Å². The molecule has 11 rings (SSSR count). The highest BCUT2D eigenvalue weighted by Gasteiger charge is 2.50. The molecule has 2 aliphatic rings. The summed E-state index contributed by atoms with van der Waals surface area (Å²) in [6.07, 6.45) is -6.35. The second kappa shape index (κ2) is 18.8. The molecule has 2 amide bonds. The summed E-state index contributed by atoms with van der Waals surface area (Å²) in [6, 6.07) is 39.4. The second-order valence-electron chi connectivity index (χ2n) is 19.5. The van der Waals surface area contributed by atoms with E-state index in [1.165, 1.54) is 0 Å². The quantitative estimate of drug-likeness (QED) is 0.0873. The number of aliphatic hydroxyl groups excluding tert-OH is 1. The van der Waals surface area contributed by atoms with E-state index >= 15 is 27.2 Å². The third-order valence-electron chi connectivity index (χ3n) is 13.8. The lowest BCUT2D eigenvalue weighted by atomic mass is 9.87.